The maximum absolute atomic E-state index is 13.1. The standard InChI is InChI=1S/C27H43NO7S/c1-15-9-8-10-27(7,34)22(12-20(29)16(2)11-19-14-36-18(4)28-19)35-23(31)13-21(30)26(5,6)25(33)17(3)24(15)32/h11,14-15,17,20-22,24,29-30,32,34H,8-10,12-13H2,1-7H3/b16-11+/t15-,17+,20-,21-,22+,24-,27+/m0/s1. The Morgan fingerprint density at radius 3 is 2.50 bits per heavy atom. The van der Waals surface area contributed by atoms with Crippen molar-refractivity contribution in [2.45, 2.75) is 111 Å². The van der Waals surface area contributed by atoms with Gasteiger partial charge in [-0.25, -0.2) is 4.98 Å². The van der Waals surface area contributed by atoms with Crippen molar-refractivity contribution in [3.63, 3.8) is 0 Å². The van der Waals surface area contributed by atoms with Gasteiger partial charge in [0.05, 0.1) is 46.5 Å². The summed E-state index contributed by atoms with van der Waals surface area (Å²) in [5.41, 5.74) is -1.40. The molecule has 0 unspecified atom stereocenters. The summed E-state index contributed by atoms with van der Waals surface area (Å²) in [6, 6.07) is 0. The highest BCUT2D eigenvalue weighted by Crippen LogP contribution is 2.34. The van der Waals surface area contributed by atoms with Gasteiger partial charge >= 0.3 is 5.97 Å². The quantitative estimate of drug-likeness (QED) is 0.439. The van der Waals surface area contributed by atoms with Gasteiger partial charge in [0.25, 0.3) is 0 Å². The molecule has 8 nitrogen and oxygen atoms in total. The fourth-order valence-corrected chi connectivity index (χ4v) is 5.30. The predicted octanol–water partition coefficient (Wildman–Crippen LogP) is 3.43. The Morgan fingerprint density at radius 1 is 1.28 bits per heavy atom. The lowest BCUT2D eigenvalue weighted by Gasteiger charge is -2.37. The minimum absolute atomic E-state index is 0.0438. The predicted molar refractivity (Wildman–Crippen MR) is 139 cm³/mol. The largest absolute Gasteiger partial charge is 0.459 e. The molecule has 7 atom stereocenters. The highest BCUT2D eigenvalue weighted by atomic mass is 32.1. The van der Waals surface area contributed by atoms with E-state index in [1.165, 1.54) is 11.3 Å². The van der Waals surface area contributed by atoms with E-state index in [2.05, 4.69) is 4.98 Å². The summed E-state index contributed by atoms with van der Waals surface area (Å²) in [6.45, 7) is 11.8. The van der Waals surface area contributed by atoms with E-state index in [9.17, 15) is 30.0 Å². The van der Waals surface area contributed by atoms with Crippen LogP contribution >= 0.6 is 11.3 Å². The monoisotopic (exact) mass is 525 g/mol. The van der Waals surface area contributed by atoms with Gasteiger partial charge in [-0.15, -0.1) is 11.3 Å². The molecule has 2 rings (SSSR count). The number of thiazole rings is 1. The average molecular weight is 526 g/mol. The Bertz CT molecular complexity index is 938. The van der Waals surface area contributed by atoms with Crippen molar-refractivity contribution in [3.8, 4) is 0 Å². The van der Waals surface area contributed by atoms with Crippen LogP contribution < -0.4 is 0 Å². The molecule has 0 bridgehead atoms. The van der Waals surface area contributed by atoms with Gasteiger partial charge in [0.2, 0.25) is 0 Å². The number of hydrogen-bond acceptors (Lipinski definition) is 9. The number of aliphatic hydroxyl groups excluding tert-OH is 3. The number of ketones is 1. The van der Waals surface area contributed by atoms with Gasteiger partial charge in [0, 0.05) is 17.7 Å². The summed E-state index contributed by atoms with van der Waals surface area (Å²) in [4.78, 5) is 30.3. The first kappa shape index (κ1) is 30.6. The molecular weight excluding hydrogens is 482 g/mol. The molecular formula is C27H43NO7S. The zero-order chi connectivity index (χ0) is 27.4. The Morgan fingerprint density at radius 2 is 1.92 bits per heavy atom. The fraction of sp³-hybridized carbons (Fsp3) is 0.741. The number of aryl methyl sites for hydroxylation is 1. The van der Waals surface area contributed by atoms with Gasteiger partial charge in [-0.1, -0.05) is 34.1 Å². The van der Waals surface area contributed by atoms with Gasteiger partial charge < -0.3 is 25.2 Å². The van der Waals surface area contributed by atoms with Crippen LogP contribution in [0.25, 0.3) is 6.08 Å². The summed E-state index contributed by atoms with van der Waals surface area (Å²) in [5.74, 6) is -2.02. The normalized spacial score (nSPS) is 34.1. The van der Waals surface area contributed by atoms with Crippen molar-refractivity contribution in [1.29, 1.82) is 0 Å². The number of Topliss-reactive ketones (excluding diaryl/α,β-unsaturated/α-hetero) is 1. The van der Waals surface area contributed by atoms with Crippen LogP contribution in [0, 0.1) is 24.2 Å². The number of carbonyl (C=O) groups is 2. The summed E-state index contributed by atoms with van der Waals surface area (Å²) in [7, 11) is 0. The van der Waals surface area contributed by atoms with Gasteiger partial charge in [0.15, 0.2) is 0 Å². The summed E-state index contributed by atoms with van der Waals surface area (Å²) < 4.78 is 5.65. The Balaban J connectivity index is 2.30. The fourth-order valence-electron chi connectivity index (χ4n) is 4.73. The molecule has 9 heteroatoms. The first-order valence-electron chi connectivity index (χ1n) is 12.7. The minimum Gasteiger partial charge on any atom is -0.459 e. The van der Waals surface area contributed by atoms with E-state index in [0.717, 1.165) is 10.7 Å². The number of hydrogen-bond donors (Lipinski definition) is 4. The van der Waals surface area contributed by atoms with Crippen LogP contribution in [0.3, 0.4) is 0 Å². The van der Waals surface area contributed by atoms with E-state index >= 15 is 0 Å². The van der Waals surface area contributed by atoms with Crippen molar-refractivity contribution >= 4 is 29.2 Å². The summed E-state index contributed by atoms with van der Waals surface area (Å²) >= 11 is 1.50. The molecule has 1 aromatic rings. The van der Waals surface area contributed by atoms with E-state index in [1.54, 1.807) is 40.7 Å². The first-order valence-corrected chi connectivity index (χ1v) is 13.5. The van der Waals surface area contributed by atoms with E-state index < -0.39 is 53.7 Å². The molecule has 0 aromatic carbocycles. The number of carbonyl (C=O) groups excluding carboxylic acids is 2. The number of nitrogens with zero attached hydrogens (tertiary/aromatic N) is 1. The third kappa shape index (κ3) is 7.68. The van der Waals surface area contributed by atoms with Crippen LogP contribution in [0.2, 0.25) is 0 Å². The number of aromatic nitrogens is 1. The minimum atomic E-state index is -1.45. The van der Waals surface area contributed by atoms with Gasteiger partial charge in [-0.3, -0.25) is 9.59 Å². The van der Waals surface area contributed by atoms with Crippen molar-refractivity contribution in [2.24, 2.45) is 17.3 Å². The molecule has 0 spiro atoms. The third-order valence-corrected chi connectivity index (χ3v) is 8.41. The van der Waals surface area contributed by atoms with Crippen molar-refractivity contribution < 1.29 is 34.8 Å². The smallest absolute Gasteiger partial charge is 0.308 e. The molecule has 0 amide bonds. The molecule has 0 radical (unpaired) electrons. The molecule has 1 saturated heterocycles. The lowest BCUT2D eigenvalue weighted by atomic mass is 9.72. The molecule has 36 heavy (non-hydrogen) atoms. The van der Waals surface area contributed by atoms with Crippen molar-refractivity contribution in [3.05, 3.63) is 21.7 Å². The SMILES string of the molecule is C/C(=C\c1csc(C)n1)[C@@H](O)C[C@H]1OC(=O)C[C@H](O)C(C)(C)C(=O)[C@H](C)[C@@H](O)[C@@H](C)CCC[C@@]1(C)O. The Labute approximate surface area is 218 Å². The molecule has 1 aliphatic heterocycles. The number of aliphatic hydroxyl groups is 4. The zero-order valence-electron chi connectivity index (χ0n) is 22.5. The van der Waals surface area contributed by atoms with Gasteiger partial charge in [-0.05, 0) is 51.2 Å². The van der Waals surface area contributed by atoms with E-state index in [1.807, 2.05) is 19.2 Å². The Hall–Kier alpha value is -1.65. The van der Waals surface area contributed by atoms with Crippen LogP contribution in [0.5, 0.6) is 0 Å². The lowest BCUT2D eigenvalue weighted by molar-refractivity contribution is -0.172. The van der Waals surface area contributed by atoms with Gasteiger partial charge in [-0.2, -0.15) is 0 Å². The molecule has 0 aliphatic carbocycles. The van der Waals surface area contributed by atoms with Crippen LogP contribution in [0.4, 0.5) is 0 Å². The van der Waals surface area contributed by atoms with E-state index in [4.69, 9.17) is 4.74 Å². The second-order valence-corrected chi connectivity index (χ2v) is 12.3. The van der Waals surface area contributed by atoms with E-state index in [-0.39, 0.29) is 24.5 Å². The second kappa shape index (κ2) is 12.3. The summed E-state index contributed by atoms with van der Waals surface area (Å²) in [6.07, 6.45) is -1.70. The third-order valence-electron chi connectivity index (χ3n) is 7.62. The highest BCUT2D eigenvalue weighted by molar-refractivity contribution is 7.09. The number of esters is 1. The highest BCUT2D eigenvalue weighted by Gasteiger charge is 2.44. The second-order valence-electron chi connectivity index (χ2n) is 11.2. The van der Waals surface area contributed by atoms with Crippen LogP contribution in [-0.2, 0) is 14.3 Å². The van der Waals surface area contributed by atoms with Crippen molar-refractivity contribution in [1.82, 2.24) is 4.98 Å². The topological polar surface area (TPSA) is 137 Å². The number of ether oxygens (including phenoxy) is 1. The van der Waals surface area contributed by atoms with Crippen molar-refractivity contribution in [2.75, 3.05) is 0 Å². The molecule has 204 valence electrons. The van der Waals surface area contributed by atoms with Crippen LogP contribution in [-0.4, -0.2) is 67.2 Å². The molecule has 1 fully saturated rings. The first-order chi connectivity index (χ1) is 16.6. The lowest BCUT2D eigenvalue weighted by Crippen LogP contribution is -2.48. The molecule has 0 saturated carbocycles. The molecule has 1 aromatic heterocycles. The molecule has 2 heterocycles. The zero-order valence-corrected chi connectivity index (χ0v) is 23.3. The van der Waals surface area contributed by atoms with Crippen LogP contribution in [0.1, 0.15) is 84.3 Å². The number of cyclic esters (lactones) is 1. The maximum atomic E-state index is 13.1. The maximum Gasteiger partial charge on any atom is 0.308 e. The average Bonchev–Trinajstić information content (AvgIpc) is 3.20. The summed E-state index contributed by atoms with van der Waals surface area (Å²) in [5, 5.41) is 46.5. The van der Waals surface area contributed by atoms with E-state index in [0.29, 0.717) is 18.4 Å². The van der Waals surface area contributed by atoms with Gasteiger partial charge in [0.1, 0.15) is 11.9 Å². The Kier molecular flexibility index (Phi) is 10.4. The van der Waals surface area contributed by atoms with Crippen LogP contribution in [0.15, 0.2) is 11.0 Å². The molecule has 1 aliphatic rings. The number of rotatable bonds is 4. The molecule has 4 N–H and O–H groups in total.